The van der Waals surface area contributed by atoms with Crippen molar-refractivity contribution in [2.45, 2.75) is 12.3 Å². The lowest BCUT2D eigenvalue weighted by Gasteiger charge is -2.03. The summed E-state index contributed by atoms with van der Waals surface area (Å²) in [4.78, 5) is 0. The summed E-state index contributed by atoms with van der Waals surface area (Å²) >= 11 is 3.46. The number of aryl methyl sites for hydroxylation is 2. The van der Waals surface area contributed by atoms with Crippen molar-refractivity contribution in [3.8, 4) is 5.82 Å². The van der Waals surface area contributed by atoms with Crippen molar-refractivity contribution < 1.29 is 0 Å². The topological polar surface area (TPSA) is 35.6 Å². The fourth-order valence-electron chi connectivity index (χ4n) is 1.53. The summed E-state index contributed by atoms with van der Waals surface area (Å²) in [5, 5.41) is 9.36. The van der Waals surface area contributed by atoms with E-state index in [9.17, 15) is 0 Å². The second-order valence-corrected chi connectivity index (χ2v) is 3.66. The van der Waals surface area contributed by atoms with E-state index in [-0.39, 0.29) is 0 Å². The molecule has 0 amide bonds. The average Bonchev–Trinajstić information content (AvgIpc) is 2.72. The number of hydrogen-bond donors (Lipinski definition) is 0. The van der Waals surface area contributed by atoms with Gasteiger partial charge in [-0.25, -0.2) is 4.68 Å². The van der Waals surface area contributed by atoms with E-state index in [1.807, 2.05) is 35.6 Å². The molecule has 0 radical (unpaired) electrons. The van der Waals surface area contributed by atoms with Crippen molar-refractivity contribution in [3.63, 3.8) is 0 Å². The minimum Gasteiger partial charge on any atom is -0.250 e. The molecule has 0 aliphatic carbocycles. The molecular formula is C9H11BrN4. The third kappa shape index (κ3) is 1.37. The van der Waals surface area contributed by atoms with Crippen LogP contribution in [0.15, 0.2) is 18.5 Å². The lowest BCUT2D eigenvalue weighted by atomic mass is 10.3. The first-order valence-corrected chi connectivity index (χ1v) is 5.44. The molecule has 0 aliphatic rings. The fourth-order valence-corrected chi connectivity index (χ4v) is 2.18. The average molecular weight is 255 g/mol. The van der Waals surface area contributed by atoms with Crippen molar-refractivity contribution in [2.75, 3.05) is 0 Å². The van der Waals surface area contributed by atoms with Gasteiger partial charge in [-0.05, 0) is 13.0 Å². The number of nitrogens with zero attached hydrogens (tertiary/aromatic N) is 4. The molecular weight excluding hydrogens is 244 g/mol. The molecule has 0 unspecified atom stereocenters. The Morgan fingerprint density at radius 2 is 2.29 bits per heavy atom. The number of halogens is 1. The standard InChI is InChI=1S/C9H11BrN4/c1-7-8(6-10)9(13(2)12-7)14-5-3-4-11-14/h3-5H,6H2,1-2H3. The summed E-state index contributed by atoms with van der Waals surface area (Å²) in [6, 6.07) is 1.90. The lowest BCUT2D eigenvalue weighted by molar-refractivity contribution is 0.692. The number of alkyl halides is 1. The van der Waals surface area contributed by atoms with E-state index in [4.69, 9.17) is 0 Å². The van der Waals surface area contributed by atoms with Crippen LogP contribution in [-0.2, 0) is 12.4 Å². The smallest absolute Gasteiger partial charge is 0.155 e. The molecule has 4 nitrogen and oxygen atoms in total. The Kier molecular flexibility index (Phi) is 2.41. The summed E-state index contributed by atoms with van der Waals surface area (Å²) in [7, 11) is 1.93. The van der Waals surface area contributed by atoms with Gasteiger partial charge in [0.2, 0.25) is 0 Å². The summed E-state index contributed by atoms with van der Waals surface area (Å²) in [6.45, 7) is 2.00. The normalized spacial score (nSPS) is 10.8. The predicted octanol–water partition coefficient (Wildman–Crippen LogP) is 1.81. The van der Waals surface area contributed by atoms with Crippen molar-refractivity contribution in [1.82, 2.24) is 19.6 Å². The van der Waals surface area contributed by atoms with Crippen LogP contribution < -0.4 is 0 Å². The molecule has 2 aromatic heterocycles. The van der Waals surface area contributed by atoms with E-state index in [1.165, 1.54) is 5.56 Å². The third-order valence-electron chi connectivity index (χ3n) is 2.17. The predicted molar refractivity (Wildman–Crippen MR) is 57.7 cm³/mol. The van der Waals surface area contributed by atoms with Crippen LogP contribution in [0.25, 0.3) is 5.82 Å². The Bertz CT molecular complexity index is 430. The van der Waals surface area contributed by atoms with Gasteiger partial charge < -0.3 is 0 Å². The van der Waals surface area contributed by atoms with Gasteiger partial charge in [0.1, 0.15) is 0 Å². The van der Waals surface area contributed by atoms with Gasteiger partial charge in [-0.15, -0.1) is 0 Å². The van der Waals surface area contributed by atoms with Gasteiger partial charge in [-0.1, -0.05) is 15.9 Å². The van der Waals surface area contributed by atoms with Gasteiger partial charge in [-0.3, -0.25) is 4.68 Å². The number of rotatable bonds is 2. The quantitative estimate of drug-likeness (QED) is 0.767. The van der Waals surface area contributed by atoms with Crippen LogP contribution in [-0.4, -0.2) is 19.6 Å². The molecule has 0 N–H and O–H groups in total. The van der Waals surface area contributed by atoms with E-state index in [1.54, 1.807) is 6.20 Å². The van der Waals surface area contributed by atoms with Crippen LogP contribution in [0, 0.1) is 6.92 Å². The highest BCUT2D eigenvalue weighted by atomic mass is 79.9. The number of hydrogen-bond acceptors (Lipinski definition) is 2. The molecule has 0 atom stereocenters. The lowest BCUT2D eigenvalue weighted by Crippen LogP contribution is -2.04. The van der Waals surface area contributed by atoms with Crippen molar-refractivity contribution in [3.05, 3.63) is 29.7 Å². The van der Waals surface area contributed by atoms with Gasteiger partial charge in [0, 0.05) is 30.3 Å². The molecule has 74 valence electrons. The van der Waals surface area contributed by atoms with E-state index in [2.05, 4.69) is 26.1 Å². The summed E-state index contributed by atoms with van der Waals surface area (Å²) in [6.07, 6.45) is 3.68. The zero-order valence-corrected chi connectivity index (χ0v) is 9.69. The van der Waals surface area contributed by atoms with Crippen molar-refractivity contribution in [1.29, 1.82) is 0 Å². The first kappa shape index (κ1) is 9.45. The first-order valence-electron chi connectivity index (χ1n) is 4.32. The van der Waals surface area contributed by atoms with Gasteiger partial charge in [0.25, 0.3) is 0 Å². The summed E-state index contributed by atoms with van der Waals surface area (Å²) in [5.74, 6) is 1.02. The van der Waals surface area contributed by atoms with Crippen LogP contribution in [0.4, 0.5) is 0 Å². The Labute approximate surface area is 90.7 Å². The van der Waals surface area contributed by atoms with Crippen LogP contribution in [0.3, 0.4) is 0 Å². The largest absolute Gasteiger partial charge is 0.250 e. The monoisotopic (exact) mass is 254 g/mol. The molecule has 2 heterocycles. The zero-order chi connectivity index (χ0) is 10.1. The van der Waals surface area contributed by atoms with Crippen LogP contribution in [0.1, 0.15) is 11.3 Å². The van der Waals surface area contributed by atoms with Gasteiger partial charge in [0.15, 0.2) is 5.82 Å². The fraction of sp³-hybridized carbons (Fsp3) is 0.333. The summed E-state index contributed by atoms with van der Waals surface area (Å²) in [5.41, 5.74) is 2.21. The molecule has 5 heteroatoms. The van der Waals surface area contributed by atoms with Gasteiger partial charge in [0.05, 0.1) is 5.69 Å². The maximum Gasteiger partial charge on any atom is 0.155 e. The molecule has 0 aliphatic heterocycles. The Morgan fingerprint density at radius 1 is 1.50 bits per heavy atom. The maximum absolute atomic E-state index is 4.36. The van der Waals surface area contributed by atoms with Crippen LogP contribution in [0.2, 0.25) is 0 Å². The minimum atomic E-state index is 0.794. The highest BCUT2D eigenvalue weighted by Gasteiger charge is 2.13. The highest BCUT2D eigenvalue weighted by Crippen LogP contribution is 2.19. The summed E-state index contributed by atoms with van der Waals surface area (Å²) < 4.78 is 3.68. The maximum atomic E-state index is 4.36. The second kappa shape index (κ2) is 3.57. The molecule has 2 aromatic rings. The van der Waals surface area contributed by atoms with E-state index < -0.39 is 0 Å². The molecule has 0 aromatic carbocycles. The molecule has 0 spiro atoms. The van der Waals surface area contributed by atoms with Gasteiger partial charge >= 0.3 is 0 Å². The van der Waals surface area contributed by atoms with Crippen molar-refractivity contribution in [2.24, 2.45) is 7.05 Å². The van der Waals surface area contributed by atoms with E-state index in [0.29, 0.717) is 0 Å². The highest BCUT2D eigenvalue weighted by molar-refractivity contribution is 9.08. The SMILES string of the molecule is Cc1nn(C)c(-n2cccn2)c1CBr. The Balaban J connectivity index is 2.62. The Morgan fingerprint density at radius 3 is 2.86 bits per heavy atom. The van der Waals surface area contributed by atoms with Crippen molar-refractivity contribution >= 4 is 15.9 Å². The molecule has 0 saturated carbocycles. The van der Waals surface area contributed by atoms with E-state index in [0.717, 1.165) is 16.8 Å². The van der Waals surface area contributed by atoms with E-state index >= 15 is 0 Å². The molecule has 0 saturated heterocycles. The Hall–Kier alpha value is -1.10. The second-order valence-electron chi connectivity index (χ2n) is 3.10. The minimum absolute atomic E-state index is 0.794. The first-order chi connectivity index (χ1) is 6.74. The molecule has 0 bridgehead atoms. The van der Waals surface area contributed by atoms with Crippen LogP contribution in [0.5, 0.6) is 0 Å². The third-order valence-corrected chi connectivity index (χ3v) is 2.73. The van der Waals surface area contributed by atoms with Gasteiger partial charge in [-0.2, -0.15) is 10.2 Å². The molecule has 0 fully saturated rings. The zero-order valence-electron chi connectivity index (χ0n) is 8.11. The van der Waals surface area contributed by atoms with Crippen LogP contribution >= 0.6 is 15.9 Å². The molecule has 14 heavy (non-hydrogen) atoms. The number of aromatic nitrogens is 4. The molecule has 2 rings (SSSR count).